The van der Waals surface area contributed by atoms with E-state index in [0.717, 1.165) is 43.0 Å². The van der Waals surface area contributed by atoms with Crippen LogP contribution in [0.2, 0.25) is 0 Å². The van der Waals surface area contributed by atoms with Crippen molar-refractivity contribution >= 4 is 5.82 Å². The molecule has 0 bridgehead atoms. The van der Waals surface area contributed by atoms with E-state index in [-0.39, 0.29) is 6.10 Å². The van der Waals surface area contributed by atoms with E-state index in [9.17, 15) is 0 Å². The Morgan fingerprint density at radius 1 is 1.50 bits per heavy atom. The average molecular weight is 222 g/mol. The molecule has 1 saturated heterocycles. The number of aromatic nitrogens is 2. The summed E-state index contributed by atoms with van der Waals surface area (Å²) >= 11 is 0. The molecule has 0 aromatic carbocycles. The molecule has 16 heavy (non-hydrogen) atoms. The fourth-order valence-electron chi connectivity index (χ4n) is 1.99. The van der Waals surface area contributed by atoms with Crippen LogP contribution in [-0.4, -0.2) is 16.6 Å². The van der Waals surface area contributed by atoms with Crippen molar-refractivity contribution in [1.82, 2.24) is 9.97 Å². The van der Waals surface area contributed by atoms with Crippen molar-refractivity contribution in [2.75, 3.05) is 12.0 Å². The van der Waals surface area contributed by atoms with Gasteiger partial charge in [-0.2, -0.15) is 0 Å². The Kier molecular flexibility index (Phi) is 3.36. The first kappa shape index (κ1) is 11.3. The predicted molar refractivity (Wildman–Crippen MR) is 61.9 cm³/mol. The summed E-state index contributed by atoms with van der Waals surface area (Å²) in [6.45, 7) is 4.86. The van der Waals surface area contributed by atoms with Crippen LogP contribution in [0.1, 0.15) is 43.0 Å². The van der Waals surface area contributed by atoms with Gasteiger partial charge in [0.15, 0.2) is 5.82 Å². The fourth-order valence-corrected chi connectivity index (χ4v) is 1.99. The van der Waals surface area contributed by atoms with Crippen molar-refractivity contribution < 1.29 is 4.74 Å². The van der Waals surface area contributed by atoms with Gasteiger partial charge in [0.25, 0.3) is 0 Å². The van der Waals surface area contributed by atoms with Crippen molar-refractivity contribution in [3.8, 4) is 0 Å². The standard InChI is InChI=1S/C11H18N4O/c1-3-8-7(2)10(15-12)14-11(13-8)9-5-4-6-16-9/h9H,3-6,12H2,1-2H3,(H,13,14,15). The number of nitrogens with one attached hydrogen (secondary N) is 1. The Morgan fingerprint density at radius 2 is 2.31 bits per heavy atom. The third kappa shape index (κ3) is 2.01. The summed E-state index contributed by atoms with van der Waals surface area (Å²) in [5, 5.41) is 0. The van der Waals surface area contributed by atoms with Gasteiger partial charge in [-0.25, -0.2) is 15.8 Å². The monoisotopic (exact) mass is 222 g/mol. The zero-order chi connectivity index (χ0) is 11.5. The molecule has 2 rings (SSSR count). The Bertz CT molecular complexity index is 349. The van der Waals surface area contributed by atoms with Crippen molar-refractivity contribution in [3.63, 3.8) is 0 Å². The topological polar surface area (TPSA) is 73.1 Å². The number of aryl methyl sites for hydroxylation is 1. The van der Waals surface area contributed by atoms with E-state index in [1.165, 1.54) is 0 Å². The number of ether oxygens (including phenoxy) is 1. The van der Waals surface area contributed by atoms with Crippen LogP contribution in [0.5, 0.6) is 0 Å². The van der Waals surface area contributed by atoms with E-state index in [4.69, 9.17) is 10.6 Å². The smallest absolute Gasteiger partial charge is 0.159 e. The largest absolute Gasteiger partial charge is 0.370 e. The number of nitrogens with two attached hydrogens (primary N) is 1. The molecule has 5 heteroatoms. The summed E-state index contributed by atoms with van der Waals surface area (Å²) in [6.07, 6.45) is 2.99. The summed E-state index contributed by atoms with van der Waals surface area (Å²) in [7, 11) is 0. The lowest BCUT2D eigenvalue weighted by atomic mass is 10.1. The second kappa shape index (κ2) is 4.76. The van der Waals surface area contributed by atoms with Gasteiger partial charge in [-0.3, -0.25) is 0 Å². The molecule has 0 amide bonds. The Hall–Kier alpha value is -1.20. The Balaban J connectivity index is 2.37. The second-order valence-electron chi connectivity index (χ2n) is 4.00. The second-order valence-corrected chi connectivity index (χ2v) is 4.00. The van der Waals surface area contributed by atoms with Crippen LogP contribution in [0.4, 0.5) is 5.82 Å². The lowest BCUT2D eigenvalue weighted by Gasteiger charge is -2.14. The van der Waals surface area contributed by atoms with E-state index in [2.05, 4.69) is 22.3 Å². The van der Waals surface area contributed by atoms with Crippen LogP contribution in [0.15, 0.2) is 0 Å². The number of hydrogen-bond donors (Lipinski definition) is 2. The van der Waals surface area contributed by atoms with Gasteiger partial charge in [0.05, 0.1) is 0 Å². The summed E-state index contributed by atoms with van der Waals surface area (Å²) < 4.78 is 5.58. The molecule has 0 spiro atoms. The molecule has 88 valence electrons. The van der Waals surface area contributed by atoms with Crippen molar-refractivity contribution in [2.24, 2.45) is 5.84 Å². The van der Waals surface area contributed by atoms with Gasteiger partial charge in [-0.15, -0.1) is 0 Å². The molecule has 0 radical (unpaired) electrons. The first-order chi connectivity index (χ1) is 7.76. The van der Waals surface area contributed by atoms with Crippen molar-refractivity contribution in [3.05, 3.63) is 17.1 Å². The molecule has 0 aliphatic carbocycles. The van der Waals surface area contributed by atoms with Crippen LogP contribution in [0.3, 0.4) is 0 Å². The van der Waals surface area contributed by atoms with Crippen LogP contribution in [-0.2, 0) is 11.2 Å². The van der Waals surface area contributed by atoms with Gasteiger partial charge >= 0.3 is 0 Å². The van der Waals surface area contributed by atoms with Crippen LogP contribution >= 0.6 is 0 Å². The zero-order valence-corrected chi connectivity index (χ0v) is 9.79. The summed E-state index contributed by atoms with van der Waals surface area (Å²) in [6, 6.07) is 0. The minimum Gasteiger partial charge on any atom is -0.370 e. The van der Waals surface area contributed by atoms with Crippen LogP contribution in [0, 0.1) is 6.92 Å². The normalized spacial score (nSPS) is 20.1. The van der Waals surface area contributed by atoms with Gasteiger partial charge < -0.3 is 10.2 Å². The van der Waals surface area contributed by atoms with Gasteiger partial charge in [0.1, 0.15) is 11.9 Å². The molecule has 1 atom stereocenters. The lowest BCUT2D eigenvalue weighted by Crippen LogP contribution is -2.15. The molecule has 1 unspecified atom stereocenters. The SMILES string of the molecule is CCc1nc(C2CCCO2)nc(NN)c1C. The lowest BCUT2D eigenvalue weighted by molar-refractivity contribution is 0.105. The number of anilines is 1. The molecule has 0 saturated carbocycles. The molecule has 1 fully saturated rings. The number of hydrazine groups is 1. The van der Waals surface area contributed by atoms with Crippen molar-refractivity contribution in [1.29, 1.82) is 0 Å². The van der Waals surface area contributed by atoms with Crippen LogP contribution < -0.4 is 11.3 Å². The quantitative estimate of drug-likeness (QED) is 0.598. The third-order valence-electron chi connectivity index (χ3n) is 2.95. The van der Waals surface area contributed by atoms with Gasteiger partial charge in [-0.1, -0.05) is 6.92 Å². The molecular formula is C11H18N4O. The molecule has 1 aromatic rings. The van der Waals surface area contributed by atoms with E-state index in [0.29, 0.717) is 5.82 Å². The first-order valence-electron chi connectivity index (χ1n) is 5.72. The molecule has 1 aromatic heterocycles. The molecule has 5 nitrogen and oxygen atoms in total. The highest BCUT2D eigenvalue weighted by Crippen LogP contribution is 2.28. The molecular weight excluding hydrogens is 204 g/mol. The number of nitrogen functional groups attached to an aromatic ring is 1. The van der Waals surface area contributed by atoms with Crippen LogP contribution in [0.25, 0.3) is 0 Å². The Morgan fingerprint density at radius 3 is 2.88 bits per heavy atom. The third-order valence-corrected chi connectivity index (χ3v) is 2.95. The number of rotatable bonds is 3. The zero-order valence-electron chi connectivity index (χ0n) is 9.79. The maximum atomic E-state index is 5.58. The van der Waals surface area contributed by atoms with Gasteiger partial charge in [0.2, 0.25) is 0 Å². The molecule has 3 N–H and O–H groups in total. The van der Waals surface area contributed by atoms with E-state index >= 15 is 0 Å². The molecule has 1 aliphatic rings. The summed E-state index contributed by atoms with van der Waals surface area (Å²) in [4.78, 5) is 8.96. The maximum Gasteiger partial charge on any atom is 0.159 e. The average Bonchev–Trinajstić information content (AvgIpc) is 2.83. The highest BCUT2D eigenvalue weighted by atomic mass is 16.5. The summed E-state index contributed by atoms with van der Waals surface area (Å²) in [5.41, 5.74) is 4.68. The molecule has 1 aliphatic heterocycles. The predicted octanol–water partition coefficient (Wildman–Crippen LogP) is 1.48. The Labute approximate surface area is 95.4 Å². The summed E-state index contributed by atoms with van der Waals surface area (Å²) in [5.74, 6) is 6.92. The fraction of sp³-hybridized carbons (Fsp3) is 0.636. The highest BCUT2D eigenvalue weighted by molar-refractivity contribution is 5.44. The number of hydrogen-bond acceptors (Lipinski definition) is 5. The van der Waals surface area contributed by atoms with E-state index in [1.54, 1.807) is 0 Å². The molecule has 2 heterocycles. The van der Waals surface area contributed by atoms with E-state index in [1.807, 2.05) is 6.92 Å². The maximum absolute atomic E-state index is 5.58. The minimum atomic E-state index is 0.0398. The number of nitrogens with zero attached hydrogens (tertiary/aromatic N) is 2. The van der Waals surface area contributed by atoms with Gasteiger partial charge in [-0.05, 0) is 26.2 Å². The van der Waals surface area contributed by atoms with Crippen molar-refractivity contribution in [2.45, 2.75) is 39.2 Å². The minimum absolute atomic E-state index is 0.0398. The van der Waals surface area contributed by atoms with Gasteiger partial charge in [0, 0.05) is 17.9 Å². The van der Waals surface area contributed by atoms with E-state index < -0.39 is 0 Å². The first-order valence-corrected chi connectivity index (χ1v) is 5.72. The highest BCUT2D eigenvalue weighted by Gasteiger charge is 2.22.